The van der Waals surface area contributed by atoms with Crippen molar-refractivity contribution < 1.29 is 0 Å². The first-order valence-electron chi connectivity index (χ1n) is 7.35. The lowest BCUT2D eigenvalue weighted by Crippen LogP contribution is -2.13. The highest BCUT2D eigenvalue weighted by molar-refractivity contribution is 7.11. The van der Waals surface area contributed by atoms with Crippen LogP contribution in [-0.4, -0.2) is 16.7 Å². The number of nitrogens with zero attached hydrogens (tertiary/aromatic N) is 2. The molecule has 0 aliphatic rings. The molecule has 1 aromatic heterocycles. The maximum absolute atomic E-state index is 4.30. The van der Waals surface area contributed by atoms with Gasteiger partial charge in [0, 0.05) is 13.0 Å². The van der Waals surface area contributed by atoms with Crippen molar-refractivity contribution in [1.82, 2.24) is 15.5 Å². The van der Waals surface area contributed by atoms with E-state index in [1.807, 2.05) is 0 Å². The van der Waals surface area contributed by atoms with Crippen LogP contribution < -0.4 is 5.32 Å². The molecule has 0 radical (unpaired) electrons. The van der Waals surface area contributed by atoms with E-state index in [4.69, 9.17) is 0 Å². The first kappa shape index (κ1) is 14.2. The number of nitrogens with one attached hydrogen (secondary N) is 1. The molecule has 0 amide bonds. The van der Waals surface area contributed by atoms with Gasteiger partial charge in [-0.2, -0.15) is 0 Å². The summed E-state index contributed by atoms with van der Waals surface area (Å²) in [6.07, 6.45) is 2.00. The maximum atomic E-state index is 4.30. The molecule has 0 unspecified atom stereocenters. The molecule has 2 aromatic carbocycles. The van der Waals surface area contributed by atoms with E-state index < -0.39 is 0 Å². The zero-order chi connectivity index (χ0) is 14.5. The molecule has 3 nitrogen and oxygen atoms in total. The Bertz CT molecular complexity index is 721. The van der Waals surface area contributed by atoms with Crippen LogP contribution in [0.15, 0.2) is 42.5 Å². The van der Waals surface area contributed by atoms with Crippen LogP contribution >= 0.6 is 11.3 Å². The fraction of sp³-hybridized carbons (Fsp3) is 0.294. The average molecular weight is 297 g/mol. The van der Waals surface area contributed by atoms with Crippen LogP contribution in [0.25, 0.3) is 10.8 Å². The molecule has 0 bridgehead atoms. The van der Waals surface area contributed by atoms with E-state index in [2.05, 4.69) is 64.9 Å². The standard InChI is InChI=1S/C17H19N3S/c1-2-9-18-12-17-20-19-16(21-17)11-13-7-8-14-5-3-4-6-15(14)10-13/h3-8,10,18H,2,9,11-12H2,1H3. The highest BCUT2D eigenvalue weighted by Gasteiger charge is 2.05. The van der Waals surface area contributed by atoms with Crippen molar-refractivity contribution in [3.8, 4) is 0 Å². The Hall–Kier alpha value is -1.78. The van der Waals surface area contributed by atoms with Gasteiger partial charge in [-0.15, -0.1) is 10.2 Å². The molecule has 0 atom stereocenters. The molecule has 0 aliphatic carbocycles. The quantitative estimate of drug-likeness (QED) is 0.704. The van der Waals surface area contributed by atoms with E-state index in [9.17, 15) is 0 Å². The van der Waals surface area contributed by atoms with Gasteiger partial charge in [0.25, 0.3) is 0 Å². The predicted molar refractivity (Wildman–Crippen MR) is 88.7 cm³/mol. The van der Waals surface area contributed by atoms with Crippen molar-refractivity contribution >= 4 is 22.1 Å². The van der Waals surface area contributed by atoms with E-state index >= 15 is 0 Å². The summed E-state index contributed by atoms with van der Waals surface area (Å²) in [7, 11) is 0. The lowest BCUT2D eigenvalue weighted by Gasteiger charge is -2.01. The van der Waals surface area contributed by atoms with E-state index in [0.717, 1.165) is 35.9 Å². The van der Waals surface area contributed by atoms with Gasteiger partial charge in [0.05, 0.1) is 0 Å². The number of fused-ring (bicyclic) bond motifs is 1. The van der Waals surface area contributed by atoms with E-state index in [1.165, 1.54) is 16.3 Å². The van der Waals surface area contributed by atoms with E-state index in [0.29, 0.717) is 0 Å². The summed E-state index contributed by atoms with van der Waals surface area (Å²) >= 11 is 1.70. The molecule has 3 aromatic rings. The van der Waals surface area contributed by atoms with Crippen molar-refractivity contribution in [3.05, 3.63) is 58.0 Å². The first-order chi connectivity index (χ1) is 10.3. The lowest BCUT2D eigenvalue weighted by atomic mass is 10.1. The minimum absolute atomic E-state index is 0.823. The molecule has 0 saturated heterocycles. The molecule has 21 heavy (non-hydrogen) atoms. The number of aromatic nitrogens is 2. The summed E-state index contributed by atoms with van der Waals surface area (Å²) in [4.78, 5) is 0. The summed E-state index contributed by atoms with van der Waals surface area (Å²) in [5.41, 5.74) is 1.29. The van der Waals surface area contributed by atoms with Gasteiger partial charge in [0.15, 0.2) is 0 Å². The second kappa shape index (κ2) is 6.78. The smallest absolute Gasteiger partial charge is 0.131 e. The number of hydrogen-bond donors (Lipinski definition) is 1. The van der Waals surface area contributed by atoms with Crippen molar-refractivity contribution in [2.24, 2.45) is 0 Å². The third kappa shape index (κ3) is 3.65. The average Bonchev–Trinajstić information content (AvgIpc) is 2.95. The maximum Gasteiger partial charge on any atom is 0.131 e. The van der Waals surface area contributed by atoms with Crippen LogP contribution in [-0.2, 0) is 13.0 Å². The van der Waals surface area contributed by atoms with E-state index in [-0.39, 0.29) is 0 Å². The third-order valence-corrected chi connectivity index (χ3v) is 4.30. The van der Waals surface area contributed by atoms with Gasteiger partial charge >= 0.3 is 0 Å². The van der Waals surface area contributed by atoms with Crippen LogP contribution in [0.1, 0.15) is 28.9 Å². The first-order valence-corrected chi connectivity index (χ1v) is 8.16. The number of rotatable bonds is 6. The van der Waals surface area contributed by atoms with Gasteiger partial charge in [0.2, 0.25) is 0 Å². The summed E-state index contributed by atoms with van der Waals surface area (Å²) in [6, 6.07) is 15.0. The summed E-state index contributed by atoms with van der Waals surface area (Å²) in [5, 5.41) is 16.6. The Morgan fingerprint density at radius 2 is 1.81 bits per heavy atom. The number of benzene rings is 2. The van der Waals surface area contributed by atoms with Gasteiger partial charge in [-0.05, 0) is 29.3 Å². The van der Waals surface area contributed by atoms with Crippen LogP contribution in [0.2, 0.25) is 0 Å². The normalized spacial score (nSPS) is 11.1. The molecule has 108 valence electrons. The Morgan fingerprint density at radius 1 is 1.00 bits per heavy atom. The molecule has 0 fully saturated rings. The second-order valence-corrected chi connectivity index (χ2v) is 6.27. The topological polar surface area (TPSA) is 37.8 Å². The molecule has 1 N–H and O–H groups in total. The third-order valence-electron chi connectivity index (χ3n) is 3.38. The highest BCUT2D eigenvalue weighted by atomic mass is 32.1. The van der Waals surface area contributed by atoms with Gasteiger partial charge < -0.3 is 5.32 Å². The van der Waals surface area contributed by atoms with Crippen molar-refractivity contribution in [3.63, 3.8) is 0 Å². The highest BCUT2D eigenvalue weighted by Crippen LogP contribution is 2.19. The van der Waals surface area contributed by atoms with Crippen molar-refractivity contribution in [2.45, 2.75) is 26.3 Å². The molecule has 3 rings (SSSR count). The molecule has 0 spiro atoms. The van der Waals surface area contributed by atoms with Gasteiger partial charge in [0.1, 0.15) is 10.0 Å². The van der Waals surface area contributed by atoms with Crippen LogP contribution in [0.4, 0.5) is 0 Å². The zero-order valence-electron chi connectivity index (χ0n) is 12.2. The minimum Gasteiger partial charge on any atom is -0.310 e. The molecular weight excluding hydrogens is 278 g/mol. The monoisotopic (exact) mass is 297 g/mol. The van der Waals surface area contributed by atoms with Crippen LogP contribution in [0, 0.1) is 0 Å². The zero-order valence-corrected chi connectivity index (χ0v) is 13.0. The summed E-state index contributed by atoms with van der Waals surface area (Å²) < 4.78 is 0. The van der Waals surface area contributed by atoms with Gasteiger partial charge in [-0.25, -0.2) is 0 Å². The largest absolute Gasteiger partial charge is 0.310 e. The van der Waals surface area contributed by atoms with E-state index in [1.54, 1.807) is 11.3 Å². The fourth-order valence-corrected chi connectivity index (χ4v) is 3.18. The van der Waals surface area contributed by atoms with Gasteiger partial charge in [-0.1, -0.05) is 60.7 Å². The Labute approximate surface area is 129 Å². The van der Waals surface area contributed by atoms with Gasteiger partial charge in [-0.3, -0.25) is 0 Å². The Morgan fingerprint density at radius 3 is 2.67 bits per heavy atom. The summed E-state index contributed by atoms with van der Waals surface area (Å²) in [6.45, 7) is 4.01. The van der Waals surface area contributed by atoms with Crippen molar-refractivity contribution in [2.75, 3.05) is 6.54 Å². The van der Waals surface area contributed by atoms with Crippen molar-refractivity contribution in [1.29, 1.82) is 0 Å². The molecule has 4 heteroatoms. The van der Waals surface area contributed by atoms with Crippen LogP contribution in [0.3, 0.4) is 0 Å². The SMILES string of the molecule is CCCNCc1nnc(Cc2ccc3ccccc3c2)s1. The number of hydrogen-bond acceptors (Lipinski definition) is 4. The fourth-order valence-electron chi connectivity index (χ4n) is 2.33. The second-order valence-electron chi connectivity index (χ2n) is 5.12. The molecule has 0 aliphatic heterocycles. The summed E-state index contributed by atoms with van der Waals surface area (Å²) in [5.74, 6) is 0. The molecular formula is C17H19N3S. The molecule has 1 heterocycles. The minimum atomic E-state index is 0.823. The lowest BCUT2D eigenvalue weighted by molar-refractivity contribution is 0.668. The predicted octanol–water partition coefficient (Wildman–Crippen LogP) is 3.78. The van der Waals surface area contributed by atoms with Crippen LogP contribution in [0.5, 0.6) is 0 Å². The Balaban J connectivity index is 1.70. The molecule has 0 saturated carbocycles. The Kier molecular flexibility index (Phi) is 4.58.